The van der Waals surface area contributed by atoms with E-state index in [9.17, 15) is 14.7 Å². The van der Waals surface area contributed by atoms with Crippen molar-refractivity contribution < 1.29 is 14.7 Å². The standard InChI is InChI=1S/C17H13Cl2N3O3/c18-10-5-6-14-12(7-10)16(11-3-1-2-4-13(11)19)20-8-15(23)22(14)9-21-17(24)25/h1-7,21H,8-9H2,(H,24,25)/p-1. The number of aliphatic imine (C=N–C) groups is 1. The topological polar surface area (TPSA) is 84.8 Å². The van der Waals surface area contributed by atoms with Crippen molar-refractivity contribution in [2.45, 2.75) is 0 Å². The Labute approximate surface area is 153 Å². The number of nitrogens with zero attached hydrogens (tertiary/aromatic N) is 2. The Balaban J connectivity index is 2.14. The lowest BCUT2D eigenvalue weighted by atomic mass is 10.00. The maximum atomic E-state index is 12.4. The van der Waals surface area contributed by atoms with Crippen molar-refractivity contribution >= 4 is 46.6 Å². The van der Waals surface area contributed by atoms with E-state index in [0.29, 0.717) is 32.6 Å². The molecule has 1 N–H and O–H groups in total. The van der Waals surface area contributed by atoms with Gasteiger partial charge in [0.2, 0.25) is 5.91 Å². The second kappa shape index (κ2) is 7.13. The quantitative estimate of drug-likeness (QED) is 0.889. The minimum absolute atomic E-state index is 0.151. The molecule has 0 atom stereocenters. The van der Waals surface area contributed by atoms with E-state index >= 15 is 0 Å². The summed E-state index contributed by atoms with van der Waals surface area (Å²) < 4.78 is 0. The fraction of sp³-hybridized carbons (Fsp3) is 0.118. The molecular weight excluding hydrogens is 365 g/mol. The SMILES string of the molecule is O=C([O-])NCN1C(=O)CN=C(c2ccccc2Cl)c2cc(Cl)ccc21. The van der Waals surface area contributed by atoms with Gasteiger partial charge in [-0.2, -0.15) is 0 Å². The summed E-state index contributed by atoms with van der Waals surface area (Å²) in [6.45, 7) is -0.400. The van der Waals surface area contributed by atoms with Gasteiger partial charge >= 0.3 is 0 Å². The fourth-order valence-corrected chi connectivity index (χ4v) is 2.98. The molecule has 1 aliphatic heterocycles. The van der Waals surface area contributed by atoms with Crippen LogP contribution in [0.3, 0.4) is 0 Å². The van der Waals surface area contributed by atoms with Crippen LogP contribution in [0.1, 0.15) is 11.1 Å². The smallest absolute Gasteiger partial charge is 0.250 e. The number of benzene rings is 2. The van der Waals surface area contributed by atoms with E-state index in [1.54, 1.807) is 36.4 Å². The number of halogens is 2. The van der Waals surface area contributed by atoms with Gasteiger partial charge in [0.15, 0.2) is 0 Å². The van der Waals surface area contributed by atoms with Gasteiger partial charge in [-0.25, -0.2) is 0 Å². The number of carboxylic acid groups (broad SMARTS) is 1. The first kappa shape index (κ1) is 17.3. The summed E-state index contributed by atoms with van der Waals surface area (Å²) in [4.78, 5) is 28.8. The summed E-state index contributed by atoms with van der Waals surface area (Å²) in [6, 6.07) is 12.1. The molecule has 25 heavy (non-hydrogen) atoms. The van der Waals surface area contributed by atoms with E-state index in [4.69, 9.17) is 23.2 Å². The van der Waals surface area contributed by atoms with Crippen molar-refractivity contribution in [1.29, 1.82) is 0 Å². The highest BCUT2D eigenvalue weighted by molar-refractivity contribution is 6.37. The summed E-state index contributed by atoms with van der Waals surface area (Å²) >= 11 is 12.4. The molecule has 0 aliphatic carbocycles. The fourth-order valence-electron chi connectivity index (χ4n) is 2.59. The summed E-state index contributed by atoms with van der Waals surface area (Å²) in [5.74, 6) is -0.362. The number of nitrogens with one attached hydrogen (secondary N) is 1. The lowest BCUT2D eigenvalue weighted by Gasteiger charge is -2.24. The van der Waals surface area contributed by atoms with Gasteiger partial charge < -0.3 is 15.2 Å². The molecule has 0 spiro atoms. The van der Waals surface area contributed by atoms with Crippen LogP contribution in [0.15, 0.2) is 47.5 Å². The van der Waals surface area contributed by atoms with Gasteiger partial charge in [0, 0.05) is 21.2 Å². The Bertz CT molecular complexity index is 883. The number of carbonyl (C=O) groups excluding carboxylic acids is 2. The van der Waals surface area contributed by atoms with Crippen LogP contribution in [-0.4, -0.2) is 30.9 Å². The van der Waals surface area contributed by atoms with Gasteiger partial charge in [-0.15, -0.1) is 0 Å². The predicted molar refractivity (Wildman–Crippen MR) is 94.3 cm³/mol. The van der Waals surface area contributed by atoms with Crippen molar-refractivity contribution in [3.05, 3.63) is 63.6 Å². The van der Waals surface area contributed by atoms with E-state index in [-0.39, 0.29) is 19.1 Å². The molecule has 2 aromatic rings. The van der Waals surface area contributed by atoms with Gasteiger partial charge in [0.05, 0.1) is 18.1 Å². The van der Waals surface area contributed by atoms with E-state index in [2.05, 4.69) is 10.3 Å². The Morgan fingerprint density at radius 2 is 1.96 bits per heavy atom. The molecule has 0 bridgehead atoms. The second-order valence-corrected chi connectivity index (χ2v) is 6.09. The number of hydrogen-bond acceptors (Lipinski definition) is 4. The minimum atomic E-state index is -1.47. The van der Waals surface area contributed by atoms with Crippen LogP contribution in [-0.2, 0) is 4.79 Å². The molecule has 0 aromatic heterocycles. The Morgan fingerprint density at radius 1 is 1.20 bits per heavy atom. The molecule has 2 aromatic carbocycles. The maximum absolute atomic E-state index is 12.4. The first-order valence-corrected chi connectivity index (χ1v) is 8.07. The summed E-state index contributed by atoms with van der Waals surface area (Å²) in [5.41, 5.74) is 2.26. The van der Waals surface area contributed by atoms with E-state index in [1.807, 2.05) is 6.07 Å². The normalized spacial score (nSPS) is 13.8. The number of benzodiazepines with no additional fused rings is 1. The molecule has 1 heterocycles. The van der Waals surface area contributed by atoms with E-state index in [0.717, 1.165) is 0 Å². The lowest BCUT2D eigenvalue weighted by Crippen LogP contribution is -2.46. The highest BCUT2D eigenvalue weighted by Crippen LogP contribution is 2.31. The molecule has 8 heteroatoms. The van der Waals surface area contributed by atoms with E-state index < -0.39 is 6.09 Å². The molecule has 128 valence electrons. The molecule has 6 nitrogen and oxygen atoms in total. The number of anilines is 1. The second-order valence-electron chi connectivity index (χ2n) is 5.25. The number of hydrogen-bond donors (Lipinski definition) is 1. The van der Waals surface area contributed by atoms with Gasteiger partial charge in [-0.3, -0.25) is 14.7 Å². The van der Waals surface area contributed by atoms with Crippen LogP contribution in [0.4, 0.5) is 10.5 Å². The van der Waals surface area contributed by atoms with Gasteiger partial charge in [0.25, 0.3) is 0 Å². The van der Waals surface area contributed by atoms with Crippen molar-refractivity contribution in [3.63, 3.8) is 0 Å². The molecule has 2 amide bonds. The lowest BCUT2D eigenvalue weighted by molar-refractivity contribution is -0.250. The molecule has 3 rings (SSSR count). The van der Waals surface area contributed by atoms with Crippen LogP contribution in [0, 0.1) is 0 Å². The Kier molecular flexibility index (Phi) is 4.92. The molecule has 0 fully saturated rings. The zero-order chi connectivity index (χ0) is 18.0. The molecule has 0 unspecified atom stereocenters. The number of amides is 2. The molecule has 1 aliphatic rings. The molecule has 0 saturated heterocycles. The molecular formula is C17H12Cl2N3O3-. The average molecular weight is 377 g/mol. The van der Waals surface area contributed by atoms with Crippen LogP contribution >= 0.6 is 23.2 Å². The maximum Gasteiger partial charge on any atom is 0.250 e. The third kappa shape index (κ3) is 3.60. The summed E-state index contributed by atoms with van der Waals surface area (Å²) in [7, 11) is 0. The zero-order valence-corrected chi connectivity index (χ0v) is 14.3. The Morgan fingerprint density at radius 3 is 2.68 bits per heavy atom. The highest BCUT2D eigenvalue weighted by atomic mass is 35.5. The number of fused-ring (bicyclic) bond motifs is 1. The predicted octanol–water partition coefficient (Wildman–Crippen LogP) is 2.07. The minimum Gasteiger partial charge on any atom is -0.530 e. The third-order valence-electron chi connectivity index (χ3n) is 3.69. The molecule has 0 radical (unpaired) electrons. The van der Waals surface area contributed by atoms with E-state index in [1.165, 1.54) is 4.90 Å². The van der Waals surface area contributed by atoms with Gasteiger partial charge in [0.1, 0.15) is 12.6 Å². The van der Waals surface area contributed by atoms with Crippen LogP contribution in [0.2, 0.25) is 10.0 Å². The average Bonchev–Trinajstić information content (AvgIpc) is 2.70. The first-order valence-electron chi connectivity index (χ1n) is 7.32. The highest BCUT2D eigenvalue weighted by Gasteiger charge is 2.26. The van der Waals surface area contributed by atoms with Crippen molar-refractivity contribution in [1.82, 2.24) is 5.32 Å². The van der Waals surface area contributed by atoms with Crippen LogP contribution < -0.4 is 15.3 Å². The van der Waals surface area contributed by atoms with Gasteiger partial charge in [-0.1, -0.05) is 41.4 Å². The Hall–Kier alpha value is -2.57. The van der Waals surface area contributed by atoms with Crippen molar-refractivity contribution in [2.24, 2.45) is 4.99 Å². The van der Waals surface area contributed by atoms with Crippen LogP contribution in [0.5, 0.6) is 0 Å². The van der Waals surface area contributed by atoms with Crippen molar-refractivity contribution in [2.75, 3.05) is 18.1 Å². The monoisotopic (exact) mass is 376 g/mol. The van der Waals surface area contributed by atoms with Crippen LogP contribution in [0.25, 0.3) is 0 Å². The van der Waals surface area contributed by atoms with Crippen molar-refractivity contribution in [3.8, 4) is 0 Å². The summed E-state index contributed by atoms with van der Waals surface area (Å²) in [5, 5.41) is 13.7. The van der Waals surface area contributed by atoms with Gasteiger partial charge in [-0.05, 0) is 24.3 Å². The third-order valence-corrected chi connectivity index (χ3v) is 4.25. The zero-order valence-electron chi connectivity index (χ0n) is 12.8. The molecule has 0 saturated carbocycles. The largest absolute Gasteiger partial charge is 0.530 e. The summed E-state index contributed by atoms with van der Waals surface area (Å²) in [6.07, 6.45) is -1.47. The number of rotatable bonds is 3. The number of carbonyl (C=O) groups is 2. The first-order chi connectivity index (χ1) is 12.0.